The summed E-state index contributed by atoms with van der Waals surface area (Å²) in [4.78, 5) is 1.13. The van der Waals surface area contributed by atoms with Gasteiger partial charge in [0.15, 0.2) is 11.5 Å². The van der Waals surface area contributed by atoms with Gasteiger partial charge < -0.3 is 9.47 Å². The van der Waals surface area contributed by atoms with Gasteiger partial charge in [-0.1, -0.05) is 6.07 Å². The monoisotopic (exact) mass is 393 g/mol. The Labute approximate surface area is 156 Å². The van der Waals surface area contributed by atoms with Crippen LogP contribution in [-0.4, -0.2) is 39.0 Å². The number of methoxy groups -OCH3 is 2. The summed E-state index contributed by atoms with van der Waals surface area (Å²) < 4.78 is 40.2. The fourth-order valence-corrected chi connectivity index (χ4v) is 4.40. The number of benzene rings is 1. The number of sulfonamides is 1. The molecule has 3 aromatic rings. The zero-order chi connectivity index (χ0) is 18.6. The molecular formula is C17H19N3O4S2. The number of ether oxygens (including phenoxy) is 2. The molecule has 0 aliphatic heterocycles. The second-order valence-electron chi connectivity index (χ2n) is 5.39. The van der Waals surface area contributed by atoms with E-state index in [1.165, 1.54) is 26.4 Å². The molecule has 138 valence electrons. The lowest BCUT2D eigenvalue weighted by Gasteiger charge is -2.17. The molecule has 1 aromatic carbocycles. The van der Waals surface area contributed by atoms with Crippen LogP contribution in [0.4, 0.5) is 0 Å². The summed E-state index contributed by atoms with van der Waals surface area (Å²) in [7, 11) is -0.753. The molecule has 7 nitrogen and oxygen atoms in total. The molecule has 0 fully saturated rings. The number of hydrogen-bond donors (Lipinski definition) is 1. The fourth-order valence-electron chi connectivity index (χ4n) is 2.53. The van der Waals surface area contributed by atoms with Crippen LogP contribution in [0.2, 0.25) is 0 Å². The van der Waals surface area contributed by atoms with Crippen LogP contribution in [0.15, 0.2) is 59.1 Å². The molecule has 0 saturated carbocycles. The fraction of sp³-hybridized carbons (Fsp3) is 0.235. The van der Waals surface area contributed by atoms with Gasteiger partial charge in [-0.2, -0.15) is 5.10 Å². The number of rotatable bonds is 8. The Kier molecular flexibility index (Phi) is 5.60. The summed E-state index contributed by atoms with van der Waals surface area (Å²) in [5.41, 5.74) is 0. The molecule has 0 radical (unpaired) electrons. The van der Waals surface area contributed by atoms with Gasteiger partial charge in [0, 0.05) is 29.9 Å². The smallest absolute Gasteiger partial charge is 0.240 e. The molecule has 0 aliphatic rings. The highest BCUT2D eigenvalue weighted by atomic mass is 32.2. The van der Waals surface area contributed by atoms with Crippen molar-refractivity contribution >= 4 is 21.4 Å². The van der Waals surface area contributed by atoms with Crippen LogP contribution in [-0.2, 0) is 10.0 Å². The molecule has 2 aromatic heterocycles. The average Bonchev–Trinajstić information content (AvgIpc) is 3.35. The van der Waals surface area contributed by atoms with E-state index in [0.717, 1.165) is 4.88 Å². The standard InChI is InChI=1S/C17H19N3O4S2/c1-23-15-7-6-13(11-16(15)24-2)26(21,22)19-12-14(17-5-3-10-25-17)20-9-4-8-18-20/h3-11,14,19H,12H2,1-2H3. The van der Waals surface area contributed by atoms with Crippen LogP contribution in [0.25, 0.3) is 0 Å². The van der Waals surface area contributed by atoms with Crippen LogP contribution < -0.4 is 14.2 Å². The lowest BCUT2D eigenvalue weighted by Crippen LogP contribution is -2.31. The summed E-state index contributed by atoms with van der Waals surface area (Å²) in [5, 5.41) is 6.20. The third-order valence-electron chi connectivity index (χ3n) is 3.85. The Hall–Kier alpha value is -2.36. The second-order valence-corrected chi connectivity index (χ2v) is 8.13. The van der Waals surface area contributed by atoms with E-state index in [2.05, 4.69) is 9.82 Å². The minimum atomic E-state index is -3.72. The van der Waals surface area contributed by atoms with Gasteiger partial charge in [0.1, 0.15) is 0 Å². The molecule has 0 saturated heterocycles. The molecule has 3 rings (SSSR count). The number of nitrogens with zero attached hydrogens (tertiary/aromatic N) is 2. The Morgan fingerprint density at radius 2 is 2.00 bits per heavy atom. The molecular weight excluding hydrogens is 374 g/mol. The molecule has 1 unspecified atom stereocenters. The number of hydrogen-bond acceptors (Lipinski definition) is 6. The lowest BCUT2D eigenvalue weighted by atomic mass is 10.2. The van der Waals surface area contributed by atoms with Crippen molar-refractivity contribution in [2.24, 2.45) is 0 Å². The molecule has 9 heteroatoms. The summed E-state index contributed by atoms with van der Waals surface area (Å²) >= 11 is 1.55. The van der Waals surface area contributed by atoms with E-state index in [-0.39, 0.29) is 17.5 Å². The van der Waals surface area contributed by atoms with Gasteiger partial charge in [0.25, 0.3) is 0 Å². The zero-order valence-electron chi connectivity index (χ0n) is 14.3. The Morgan fingerprint density at radius 3 is 2.62 bits per heavy atom. The van der Waals surface area contributed by atoms with Crippen LogP contribution in [0.3, 0.4) is 0 Å². The van der Waals surface area contributed by atoms with Crippen LogP contribution in [0, 0.1) is 0 Å². The summed E-state index contributed by atoms with van der Waals surface area (Å²) in [5.74, 6) is 0.830. The van der Waals surface area contributed by atoms with Crippen LogP contribution in [0.1, 0.15) is 10.9 Å². The maximum Gasteiger partial charge on any atom is 0.240 e. The number of nitrogens with one attached hydrogen (secondary N) is 1. The van der Waals surface area contributed by atoms with Crippen molar-refractivity contribution in [2.75, 3.05) is 20.8 Å². The molecule has 1 N–H and O–H groups in total. The molecule has 0 bridgehead atoms. The van der Waals surface area contributed by atoms with E-state index in [9.17, 15) is 8.42 Å². The van der Waals surface area contributed by atoms with E-state index < -0.39 is 10.0 Å². The van der Waals surface area contributed by atoms with Crippen molar-refractivity contribution in [1.29, 1.82) is 0 Å². The second kappa shape index (κ2) is 7.90. The van der Waals surface area contributed by atoms with Crippen molar-refractivity contribution < 1.29 is 17.9 Å². The third-order valence-corrected chi connectivity index (χ3v) is 6.24. The highest BCUT2D eigenvalue weighted by Gasteiger charge is 2.21. The van der Waals surface area contributed by atoms with Gasteiger partial charge in [-0.05, 0) is 29.6 Å². The average molecular weight is 393 g/mol. The topological polar surface area (TPSA) is 82.5 Å². The Bertz CT molecular complexity index is 904. The van der Waals surface area contributed by atoms with Crippen molar-refractivity contribution in [3.63, 3.8) is 0 Å². The van der Waals surface area contributed by atoms with Gasteiger partial charge in [-0.3, -0.25) is 4.68 Å². The number of thiophene rings is 1. The van der Waals surface area contributed by atoms with Gasteiger partial charge >= 0.3 is 0 Å². The molecule has 26 heavy (non-hydrogen) atoms. The molecule has 0 amide bonds. The quantitative estimate of drug-likeness (QED) is 0.636. The largest absolute Gasteiger partial charge is 0.493 e. The van der Waals surface area contributed by atoms with Gasteiger partial charge in [-0.25, -0.2) is 13.1 Å². The molecule has 0 spiro atoms. The first-order valence-electron chi connectivity index (χ1n) is 7.79. The lowest BCUT2D eigenvalue weighted by molar-refractivity contribution is 0.354. The first kappa shape index (κ1) is 18.4. The van der Waals surface area contributed by atoms with E-state index in [4.69, 9.17) is 9.47 Å². The molecule has 2 heterocycles. The van der Waals surface area contributed by atoms with Gasteiger partial charge in [-0.15, -0.1) is 11.3 Å². The maximum absolute atomic E-state index is 12.7. The predicted octanol–water partition coefficient (Wildman–Crippen LogP) is 2.53. The van der Waals surface area contributed by atoms with Crippen LogP contribution in [0.5, 0.6) is 11.5 Å². The normalized spacial score (nSPS) is 12.7. The SMILES string of the molecule is COc1ccc(S(=O)(=O)NCC(c2cccs2)n2cccn2)cc1OC. The first-order chi connectivity index (χ1) is 12.5. The predicted molar refractivity (Wildman–Crippen MR) is 99.4 cm³/mol. The minimum Gasteiger partial charge on any atom is -0.493 e. The van der Waals surface area contributed by atoms with Crippen molar-refractivity contribution in [1.82, 2.24) is 14.5 Å². The van der Waals surface area contributed by atoms with Crippen LogP contribution >= 0.6 is 11.3 Å². The van der Waals surface area contributed by atoms with Crippen molar-refractivity contribution in [2.45, 2.75) is 10.9 Å². The Morgan fingerprint density at radius 1 is 1.19 bits per heavy atom. The minimum absolute atomic E-state index is 0.112. The molecule has 0 aliphatic carbocycles. The summed E-state index contributed by atoms with van der Waals surface area (Å²) in [6.45, 7) is 0.179. The third kappa shape index (κ3) is 3.90. The molecule has 1 atom stereocenters. The van der Waals surface area contributed by atoms with Crippen molar-refractivity contribution in [3.8, 4) is 11.5 Å². The maximum atomic E-state index is 12.7. The van der Waals surface area contributed by atoms with E-state index in [1.807, 2.05) is 29.8 Å². The first-order valence-corrected chi connectivity index (χ1v) is 10.2. The summed E-state index contributed by atoms with van der Waals surface area (Å²) in [6, 6.07) is 9.97. The highest BCUT2D eigenvalue weighted by molar-refractivity contribution is 7.89. The van der Waals surface area contributed by atoms with E-state index in [1.54, 1.807) is 28.3 Å². The van der Waals surface area contributed by atoms with Crippen molar-refractivity contribution in [3.05, 3.63) is 59.0 Å². The highest BCUT2D eigenvalue weighted by Crippen LogP contribution is 2.29. The Balaban J connectivity index is 1.83. The summed E-state index contributed by atoms with van der Waals surface area (Å²) in [6.07, 6.45) is 3.48. The van der Waals surface area contributed by atoms with E-state index >= 15 is 0 Å². The van der Waals surface area contributed by atoms with E-state index in [0.29, 0.717) is 11.5 Å². The van der Waals surface area contributed by atoms with Gasteiger partial charge in [0.05, 0.1) is 25.2 Å². The zero-order valence-corrected chi connectivity index (χ0v) is 16.0. The number of aromatic nitrogens is 2. The van der Waals surface area contributed by atoms with Gasteiger partial charge in [0.2, 0.25) is 10.0 Å².